The summed E-state index contributed by atoms with van der Waals surface area (Å²) in [6.07, 6.45) is 1.45. The fourth-order valence-corrected chi connectivity index (χ4v) is 3.05. The highest BCUT2D eigenvalue weighted by atomic mass is 35.5. The summed E-state index contributed by atoms with van der Waals surface area (Å²) in [6.45, 7) is 0.452. The van der Waals surface area contributed by atoms with Crippen LogP contribution in [0.25, 0.3) is 11.2 Å². The molecule has 0 spiro atoms. The minimum atomic E-state index is 0.452. The smallest absolute Gasteiger partial charge is 0.184 e. The topological polar surface area (TPSA) is 77.8 Å². The van der Waals surface area contributed by atoms with Crippen molar-refractivity contribution in [2.45, 2.75) is 6.54 Å². The summed E-state index contributed by atoms with van der Waals surface area (Å²) < 4.78 is 7.04. The minimum absolute atomic E-state index is 0.452. The normalized spacial score (nSPS) is 10.9. The van der Waals surface area contributed by atoms with Crippen LogP contribution < -0.4 is 10.1 Å². The number of methoxy groups -OCH3 is 1. The van der Waals surface area contributed by atoms with Crippen LogP contribution in [0, 0.1) is 0 Å². The zero-order chi connectivity index (χ0) is 18.8. The van der Waals surface area contributed by atoms with E-state index in [2.05, 4.69) is 25.6 Å². The van der Waals surface area contributed by atoms with E-state index in [-0.39, 0.29) is 0 Å². The van der Waals surface area contributed by atoms with Crippen molar-refractivity contribution in [3.8, 4) is 5.75 Å². The number of benzene rings is 2. The first-order valence-corrected chi connectivity index (χ1v) is 8.79. The summed E-state index contributed by atoms with van der Waals surface area (Å²) in [4.78, 5) is 8.60. The highest BCUT2D eigenvalue weighted by Gasteiger charge is 2.14. The van der Waals surface area contributed by atoms with Crippen molar-refractivity contribution in [3.05, 3.63) is 64.4 Å². The molecular weight excluding hydrogens is 387 g/mol. The fourth-order valence-electron chi connectivity index (χ4n) is 2.68. The minimum Gasteiger partial charge on any atom is -0.495 e. The van der Waals surface area contributed by atoms with Crippen molar-refractivity contribution in [2.24, 2.45) is 0 Å². The highest BCUT2D eigenvalue weighted by Crippen LogP contribution is 2.31. The maximum absolute atomic E-state index is 6.25. The lowest BCUT2D eigenvalue weighted by atomic mass is 10.2. The van der Waals surface area contributed by atoms with Gasteiger partial charge in [0, 0.05) is 10.0 Å². The average Bonchev–Trinajstić information content (AvgIpc) is 3.08. The number of nitrogens with one attached hydrogen (secondary N) is 1. The van der Waals surface area contributed by atoms with Gasteiger partial charge in [0.05, 0.1) is 19.3 Å². The van der Waals surface area contributed by atoms with Crippen LogP contribution in [0.3, 0.4) is 0 Å². The van der Waals surface area contributed by atoms with Gasteiger partial charge in [-0.3, -0.25) is 0 Å². The zero-order valence-corrected chi connectivity index (χ0v) is 15.7. The molecule has 136 valence electrons. The van der Waals surface area contributed by atoms with Crippen molar-refractivity contribution >= 4 is 45.9 Å². The molecule has 2 aromatic carbocycles. The number of hydrogen-bond acceptors (Lipinski definition) is 6. The van der Waals surface area contributed by atoms with Crippen LogP contribution in [-0.4, -0.2) is 32.1 Å². The van der Waals surface area contributed by atoms with Crippen molar-refractivity contribution in [1.82, 2.24) is 25.0 Å². The van der Waals surface area contributed by atoms with Gasteiger partial charge in [0.1, 0.15) is 12.1 Å². The molecule has 0 atom stereocenters. The van der Waals surface area contributed by atoms with Gasteiger partial charge in [0.25, 0.3) is 0 Å². The van der Waals surface area contributed by atoms with Gasteiger partial charge in [-0.25, -0.2) is 14.6 Å². The summed E-state index contributed by atoms with van der Waals surface area (Å²) in [5.74, 6) is 1.14. The van der Waals surface area contributed by atoms with Crippen molar-refractivity contribution in [3.63, 3.8) is 0 Å². The monoisotopic (exact) mass is 400 g/mol. The Hall–Kier alpha value is -2.90. The number of nitrogens with zero attached hydrogens (tertiary/aromatic N) is 5. The molecule has 0 amide bonds. The van der Waals surface area contributed by atoms with E-state index in [1.807, 2.05) is 24.3 Å². The molecule has 0 aliphatic carbocycles. The predicted octanol–water partition coefficient (Wildman–Crippen LogP) is 4.33. The van der Waals surface area contributed by atoms with Gasteiger partial charge in [-0.2, -0.15) is 0 Å². The maximum Gasteiger partial charge on any atom is 0.184 e. The van der Waals surface area contributed by atoms with Gasteiger partial charge in [0.2, 0.25) is 0 Å². The molecule has 1 N–H and O–H groups in total. The second-order valence-electron chi connectivity index (χ2n) is 5.70. The Balaban J connectivity index is 1.71. The van der Waals surface area contributed by atoms with Gasteiger partial charge in [-0.05, 0) is 29.8 Å². The molecule has 0 radical (unpaired) electrons. The van der Waals surface area contributed by atoms with Crippen LogP contribution >= 0.6 is 23.2 Å². The largest absolute Gasteiger partial charge is 0.495 e. The number of ether oxygens (including phenoxy) is 1. The van der Waals surface area contributed by atoms with Gasteiger partial charge < -0.3 is 10.1 Å². The lowest BCUT2D eigenvalue weighted by molar-refractivity contribution is 0.417. The zero-order valence-electron chi connectivity index (χ0n) is 14.2. The van der Waals surface area contributed by atoms with Crippen LogP contribution in [0.5, 0.6) is 5.75 Å². The van der Waals surface area contributed by atoms with E-state index in [0.29, 0.717) is 45.0 Å². The molecule has 9 heteroatoms. The lowest BCUT2D eigenvalue weighted by Crippen LogP contribution is -2.04. The molecule has 2 aromatic heterocycles. The Morgan fingerprint density at radius 2 is 1.96 bits per heavy atom. The second-order valence-corrected chi connectivity index (χ2v) is 6.55. The van der Waals surface area contributed by atoms with Crippen LogP contribution in [0.1, 0.15) is 5.56 Å². The first-order valence-electron chi connectivity index (χ1n) is 8.04. The third-order valence-electron chi connectivity index (χ3n) is 3.99. The maximum atomic E-state index is 6.25. The molecular formula is C18H14Cl2N6O. The van der Waals surface area contributed by atoms with Crippen molar-refractivity contribution in [2.75, 3.05) is 12.4 Å². The van der Waals surface area contributed by atoms with E-state index < -0.39 is 0 Å². The van der Waals surface area contributed by atoms with Gasteiger partial charge in [-0.15, -0.1) is 5.10 Å². The van der Waals surface area contributed by atoms with Gasteiger partial charge >= 0.3 is 0 Å². The molecule has 0 fully saturated rings. The lowest BCUT2D eigenvalue weighted by Gasteiger charge is -2.11. The summed E-state index contributed by atoms with van der Waals surface area (Å²) >= 11 is 12.3. The molecule has 27 heavy (non-hydrogen) atoms. The average molecular weight is 401 g/mol. The van der Waals surface area contributed by atoms with Crippen molar-refractivity contribution in [1.29, 1.82) is 0 Å². The molecule has 0 aliphatic rings. The Bertz CT molecular complexity index is 1110. The number of hydrogen-bond donors (Lipinski definition) is 1. The SMILES string of the molecule is COc1ccc(Cl)cc1Nc1ncnc2c1nnn2Cc1ccccc1Cl. The third-order valence-corrected chi connectivity index (χ3v) is 4.60. The Morgan fingerprint density at radius 3 is 2.78 bits per heavy atom. The fraction of sp³-hybridized carbons (Fsp3) is 0.111. The number of fused-ring (bicyclic) bond motifs is 1. The summed E-state index contributed by atoms with van der Waals surface area (Å²) in [6, 6.07) is 12.9. The number of halogens is 2. The van der Waals surface area contributed by atoms with Crippen LogP contribution in [-0.2, 0) is 6.54 Å². The molecule has 0 bridgehead atoms. The first kappa shape index (κ1) is 17.5. The molecule has 0 aliphatic heterocycles. The third kappa shape index (κ3) is 3.51. The van der Waals surface area contributed by atoms with Crippen LogP contribution in [0.15, 0.2) is 48.8 Å². The summed E-state index contributed by atoms with van der Waals surface area (Å²) in [5.41, 5.74) is 2.72. The van der Waals surface area contributed by atoms with Crippen LogP contribution in [0.2, 0.25) is 10.0 Å². The molecule has 0 saturated carbocycles. The van der Waals surface area contributed by atoms with E-state index in [1.165, 1.54) is 6.33 Å². The predicted molar refractivity (Wildman–Crippen MR) is 105 cm³/mol. The number of rotatable bonds is 5. The van der Waals surface area contributed by atoms with E-state index >= 15 is 0 Å². The molecule has 0 saturated heterocycles. The second kappa shape index (κ2) is 7.38. The van der Waals surface area contributed by atoms with Crippen molar-refractivity contribution < 1.29 is 4.74 Å². The molecule has 4 aromatic rings. The van der Waals surface area contributed by atoms with E-state index in [0.717, 1.165) is 5.56 Å². The molecule has 2 heterocycles. The summed E-state index contributed by atoms with van der Waals surface area (Å²) in [7, 11) is 1.59. The summed E-state index contributed by atoms with van der Waals surface area (Å²) in [5, 5.41) is 12.9. The quantitative estimate of drug-likeness (QED) is 0.537. The Morgan fingerprint density at radius 1 is 1.11 bits per heavy atom. The molecule has 4 rings (SSSR count). The van der Waals surface area contributed by atoms with Gasteiger partial charge in [0.15, 0.2) is 17.0 Å². The highest BCUT2D eigenvalue weighted by molar-refractivity contribution is 6.31. The van der Waals surface area contributed by atoms with E-state index in [4.69, 9.17) is 27.9 Å². The van der Waals surface area contributed by atoms with E-state index in [1.54, 1.807) is 30.0 Å². The molecule has 0 unspecified atom stereocenters. The Kier molecular flexibility index (Phi) is 4.79. The van der Waals surface area contributed by atoms with Crippen LogP contribution in [0.4, 0.5) is 11.5 Å². The standard InChI is InChI=1S/C18H14Cl2N6O/c1-27-15-7-6-12(19)8-14(15)23-17-16-18(22-10-21-17)26(25-24-16)9-11-4-2-3-5-13(11)20/h2-8,10H,9H2,1H3,(H,21,22,23). The first-order chi connectivity index (χ1) is 13.2. The Labute approximate surface area is 164 Å². The van der Waals surface area contributed by atoms with E-state index in [9.17, 15) is 0 Å². The number of anilines is 2. The van der Waals surface area contributed by atoms with Gasteiger partial charge in [-0.1, -0.05) is 46.6 Å². The number of aromatic nitrogens is 5. The molecule has 7 nitrogen and oxygen atoms in total.